The van der Waals surface area contributed by atoms with Crippen LogP contribution in [0.15, 0.2) is 300 Å². The van der Waals surface area contributed by atoms with Crippen molar-refractivity contribution in [3.05, 3.63) is 292 Å². The Morgan fingerprint density at radius 1 is 0.209 bits per heavy atom. The third-order valence-electron chi connectivity index (χ3n) is 16.2. The molecule has 0 radical (unpaired) electrons. The average Bonchev–Trinajstić information content (AvgIpc) is 2.07. The lowest BCUT2D eigenvalue weighted by atomic mass is 9.94. The first-order chi connectivity index (χ1) is 42.6. The summed E-state index contributed by atoms with van der Waals surface area (Å²) in [6, 6.07) is 94.4. The summed E-state index contributed by atoms with van der Waals surface area (Å²) in [7, 11) is 0. The summed E-state index contributed by atoms with van der Waals surface area (Å²) in [5, 5.41) is 4.39. The van der Waals surface area contributed by atoms with Gasteiger partial charge in [0.2, 0.25) is 0 Å². The maximum absolute atomic E-state index is 6.16. The van der Waals surface area contributed by atoms with E-state index in [1.165, 1.54) is 0 Å². The number of fused-ring (bicyclic) bond motifs is 6. The first kappa shape index (κ1) is 50.0. The van der Waals surface area contributed by atoms with Gasteiger partial charge < -0.3 is 8.83 Å². The second kappa shape index (κ2) is 21.2. The number of nitrogens with zero attached hydrogens (tertiary/aromatic N) is 6. The van der Waals surface area contributed by atoms with E-state index in [4.69, 9.17) is 33.8 Å². The maximum Gasteiger partial charge on any atom is 0.161 e. The van der Waals surface area contributed by atoms with Crippen LogP contribution >= 0.6 is 0 Å². The highest BCUT2D eigenvalue weighted by molar-refractivity contribution is 6.07. The van der Waals surface area contributed by atoms with Gasteiger partial charge in [-0.1, -0.05) is 188 Å². The lowest BCUT2D eigenvalue weighted by Crippen LogP contribution is -1.99. The fourth-order valence-corrected chi connectivity index (χ4v) is 11.8. The van der Waals surface area contributed by atoms with E-state index in [9.17, 15) is 0 Å². The molecule has 0 spiro atoms. The Hall–Kier alpha value is -11.7. The van der Waals surface area contributed by atoms with Crippen molar-refractivity contribution in [2.75, 3.05) is 0 Å². The van der Waals surface area contributed by atoms with E-state index in [-0.39, 0.29) is 0 Å². The molecule has 0 saturated heterocycles. The number of para-hydroxylation sites is 2. The van der Waals surface area contributed by atoms with Crippen LogP contribution in [0.2, 0.25) is 0 Å². The Morgan fingerprint density at radius 2 is 0.651 bits per heavy atom. The average molecular weight is 1100 g/mol. The third-order valence-corrected chi connectivity index (χ3v) is 16.2. The number of furan rings is 2. The van der Waals surface area contributed by atoms with Crippen molar-refractivity contribution in [2.24, 2.45) is 0 Å². The van der Waals surface area contributed by atoms with Crippen molar-refractivity contribution >= 4 is 43.9 Å². The summed E-state index contributed by atoms with van der Waals surface area (Å²) in [4.78, 5) is 30.8. The van der Waals surface area contributed by atoms with Gasteiger partial charge in [0.25, 0.3) is 0 Å². The van der Waals surface area contributed by atoms with Gasteiger partial charge in [0, 0.05) is 79.1 Å². The van der Waals surface area contributed by atoms with E-state index < -0.39 is 0 Å². The molecule has 0 bridgehead atoms. The molecular formula is C78H48N6O2. The number of pyridine rings is 2. The van der Waals surface area contributed by atoms with Gasteiger partial charge in [-0.25, -0.2) is 19.9 Å². The van der Waals surface area contributed by atoms with Crippen molar-refractivity contribution in [2.45, 2.75) is 0 Å². The predicted octanol–water partition coefficient (Wildman–Crippen LogP) is 20.2. The van der Waals surface area contributed by atoms with E-state index >= 15 is 0 Å². The predicted molar refractivity (Wildman–Crippen MR) is 348 cm³/mol. The number of hydrogen-bond acceptors (Lipinski definition) is 8. The van der Waals surface area contributed by atoms with Crippen molar-refractivity contribution in [1.29, 1.82) is 0 Å². The zero-order chi connectivity index (χ0) is 56.9. The first-order valence-electron chi connectivity index (χ1n) is 28.6. The zero-order valence-corrected chi connectivity index (χ0v) is 46.2. The number of aromatic nitrogens is 6. The minimum Gasteiger partial charge on any atom is -0.456 e. The summed E-state index contributed by atoms with van der Waals surface area (Å²) in [5.41, 5.74) is 22.5. The molecule has 0 aliphatic heterocycles. The van der Waals surface area contributed by atoms with Gasteiger partial charge in [-0.15, -0.1) is 0 Å². The van der Waals surface area contributed by atoms with Crippen molar-refractivity contribution in [3.63, 3.8) is 0 Å². The van der Waals surface area contributed by atoms with Gasteiger partial charge in [0.05, 0.1) is 28.5 Å². The summed E-state index contributed by atoms with van der Waals surface area (Å²) >= 11 is 0. The minimum absolute atomic E-state index is 0.584. The van der Waals surface area contributed by atoms with Crippen LogP contribution in [-0.2, 0) is 0 Å². The van der Waals surface area contributed by atoms with Crippen LogP contribution < -0.4 is 0 Å². The molecule has 0 saturated carbocycles. The molecular weight excluding hydrogens is 1050 g/mol. The molecule has 0 unspecified atom stereocenters. The molecule has 0 amide bonds. The van der Waals surface area contributed by atoms with Gasteiger partial charge in [-0.05, 0) is 129 Å². The Balaban J connectivity index is 0.799. The summed E-state index contributed by atoms with van der Waals surface area (Å²) in [5.74, 6) is 1.20. The quantitative estimate of drug-likeness (QED) is 0.126. The van der Waals surface area contributed by atoms with Crippen LogP contribution in [0.1, 0.15) is 0 Å². The highest BCUT2D eigenvalue weighted by Crippen LogP contribution is 2.41. The second-order valence-electron chi connectivity index (χ2n) is 21.4. The van der Waals surface area contributed by atoms with Crippen LogP contribution in [0.4, 0.5) is 0 Å². The van der Waals surface area contributed by atoms with Gasteiger partial charge in [-0.2, -0.15) is 0 Å². The fourth-order valence-electron chi connectivity index (χ4n) is 11.8. The third kappa shape index (κ3) is 9.34. The molecule has 0 aliphatic carbocycles. The Kier molecular flexibility index (Phi) is 12.3. The molecule has 0 fully saturated rings. The molecule has 16 rings (SSSR count). The van der Waals surface area contributed by atoms with Crippen LogP contribution in [0.25, 0.3) is 167 Å². The first-order valence-corrected chi connectivity index (χ1v) is 28.6. The lowest BCUT2D eigenvalue weighted by molar-refractivity contribution is 0.668. The maximum atomic E-state index is 6.16. The Morgan fingerprint density at radius 3 is 1.26 bits per heavy atom. The van der Waals surface area contributed by atoms with E-state index in [0.29, 0.717) is 11.6 Å². The highest BCUT2D eigenvalue weighted by atomic mass is 16.3. The highest BCUT2D eigenvalue weighted by Gasteiger charge is 2.20. The molecule has 0 N–H and O–H groups in total. The molecule has 10 aromatic carbocycles. The van der Waals surface area contributed by atoms with Gasteiger partial charge in [0.1, 0.15) is 22.3 Å². The molecule has 6 heterocycles. The summed E-state index contributed by atoms with van der Waals surface area (Å²) in [6.45, 7) is 0. The smallest absolute Gasteiger partial charge is 0.161 e. The van der Waals surface area contributed by atoms with Gasteiger partial charge >= 0.3 is 0 Å². The van der Waals surface area contributed by atoms with Gasteiger partial charge in [-0.3, -0.25) is 9.97 Å². The molecule has 8 nitrogen and oxygen atoms in total. The van der Waals surface area contributed by atoms with E-state index in [2.05, 4.69) is 199 Å². The van der Waals surface area contributed by atoms with Crippen molar-refractivity contribution < 1.29 is 8.83 Å². The molecule has 86 heavy (non-hydrogen) atoms. The molecule has 402 valence electrons. The largest absolute Gasteiger partial charge is 0.456 e. The molecule has 0 aliphatic rings. The zero-order valence-electron chi connectivity index (χ0n) is 46.2. The lowest BCUT2D eigenvalue weighted by Gasteiger charge is -2.15. The molecule has 8 heteroatoms. The second-order valence-corrected chi connectivity index (χ2v) is 21.4. The minimum atomic E-state index is 0.584. The van der Waals surface area contributed by atoms with Crippen LogP contribution in [0.5, 0.6) is 0 Å². The standard InChI is InChI=1S/C78H48N6O2/c1-2-13-52(14-3-1)69-47-70(53-28-24-49(25-29-53)56-33-36-75-65(44-56)62-18-6-8-22-73(62)85-75)83-78(82-69)67-46-58(32-35-61(67)68-21-10-11-40-80-68)55-15-12-16-59(43-55)72-48-71(81-77(84-72)64-20-5-4-17-60(64)51-38-41-79-42-39-51)54-30-26-50(27-31-54)57-34-37-76-66(45-57)63-19-7-9-23-74(63)86-76/h1-48H. The number of benzene rings is 10. The van der Waals surface area contributed by atoms with E-state index in [0.717, 1.165) is 156 Å². The monoisotopic (exact) mass is 1100 g/mol. The molecule has 16 aromatic rings. The molecule has 6 aromatic heterocycles. The summed E-state index contributed by atoms with van der Waals surface area (Å²) in [6.07, 6.45) is 5.46. The summed E-state index contributed by atoms with van der Waals surface area (Å²) < 4.78 is 12.3. The fraction of sp³-hybridized carbons (Fsp3) is 0. The SMILES string of the molecule is c1ccc(-c2cc(-c3ccc(-c4ccc5oc6ccccc6c5c4)cc3)nc(-c3cc(-c4cccc(-c5cc(-c6ccc(-c7ccc8oc9ccccc9c8c7)cc6)nc(-c6ccccc6-c6ccncc6)n5)c4)ccc3-c3ccccn3)n2)cc1. The Bertz CT molecular complexity index is 5220. The molecule has 0 atom stereocenters. The van der Waals surface area contributed by atoms with Crippen molar-refractivity contribution in [1.82, 2.24) is 29.9 Å². The van der Waals surface area contributed by atoms with E-state index in [1.807, 2.05) is 97.5 Å². The number of hydrogen-bond donors (Lipinski definition) is 0. The van der Waals surface area contributed by atoms with Gasteiger partial charge in [0.15, 0.2) is 11.6 Å². The van der Waals surface area contributed by atoms with E-state index in [1.54, 1.807) is 0 Å². The van der Waals surface area contributed by atoms with Crippen LogP contribution in [0, 0.1) is 0 Å². The van der Waals surface area contributed by atoms with Crippen LogP contribution in [-0.4, -0.2) is 29.9 Å². The number of rotatable bonds is 11. The normalized spacial score (nSPS) is 11.5. The van der Waals surface area contributed by atoms with Crippen LogP contribution in [0.3, 0.4) is 0 Å². The topological polar surface area (TPSA) is 104 Å². The van der Waals surface area contributed by atoms with Crippen molar-refractivity contribution in [3.8, 4) is 124 Å². The Labute approximate surface area is 495 Å².